The van der Waals surface area contributed by atoms with Gasteiger partial charge in [-0.15, -0.1) is 11.8 Å². The van der Waals surface area contributed by atoms with Gasteiger partial charge in [-0.1, -0.05) is 59.1 Å². The summed E-state index contributed by atoms with van der Waals surface area (Å²) in [5.74, 6) is 1.04. The van der Waals surface area contributed by atoms with Crippen molar-refractivity contribution < 1.29 is 4.79 Å². The van der Waals surface area contributed by atoms with Crippen LogP contribution in [-0.2, 0) is 10.5 Å². The van der Waals surface area contributed by atoms with Crippen molar-refractivity contribution in [2.45, 2.75) is 12.7 Å². The summed E-state index contributed by atoms with van der Waals surface area (Å²) in [6.45, 7) is 2.06. The third kappa shape index (κ3) is 4.95. The second kappa shape index (κ2) is 7.74. The normalized spacial score (nSPS) is 10.4. The van der Waals surface area contributed by atoms with Gasteiger partial charge in [-0.2, -0.15) is 0 Å². The molecule has 110 valence electrons. The Hall–Kier alpha value is -1.16. The van der Waals surface area contributed by atoms with E-state index < -0.39 is 0 Å². The molecule has 0 aliphatic rings. The minimum atomic E-state index is -0.109. The quantitative estimate of drug-likeness (QED) is 0.813. The largest absolute Gasteiger partial charge is 0.323 e. The Morgan fingerprint density at radius 3 is 2.48 bits per heavy atom. The second-order valence-electron chi connectivity index (χ2n) is 4.63. The SMILES string of the molecule is Cc1cccc(CSCC(=O)Nc2c(Cl)cccc2Cl)c1. The Balaban J connectivity index is 1.85. The van der Waals surface area contributed by atoms with Crippen molar-refractivity contribution >= 4 is 46.6 Å². The smallest absolute Gasteiger partial charge is 0.234 e. The maximum atomic E-state index is 11.9. The van der Waals surface area contributed by atoms with Crippen LogP contribution in [0.3, 0.4) is 0 Å². The van der Waals surface area contributed by atoms with E-state index in [9.17, 15) is 4.79 Å². The lowest BCUT2D eigenvalue weighted by Gasteiger charge is -2.09. The minimum absolute atomic E-state index is 0.109. The summed E-state index contributed by atoms with van der Waals surface area (Å²) in [5.41, 5.74) is 2.91. The molecule has 0 radical (unpaired) electrons. The van der Waals surface area contributed by atoms with Gasteiger partial charge in [-0.05, 0) is 24.6 Å². The van der Waals surface area contributed by atoms with Crippen LogP contribution in [0, 0.1) is 6.92 Å². The van der Waals surface area contributed by atoms with E-state index in [1.165, 1.54) is 11.1 Å². The van der Waals surface area contributed by atoms with Crippen molar-refractivity contribution in [3.05, 3.63) is 63.6 Å². The predicted molar refractivity (Wildman–Crippen MR) is 92.4 cm³/mol. The molecular weight excluding hydrogens is 325 g/mol. The average Bonchev–Trinajstić information content (AvgIpc) is 2.43. The standard InChI is InChI=1S/C16H15Cl2NOS/c1-11-4-2-5-12(8-11)9-21-10-15(20)19-16-13(17)6-3-7-14(16)18/h2-8H,9-10H2,1H3,(H,19,20). The number of amides is 1. The fourth-order valence-electron chi connectivity index (χ4n) is 1.86. The third-order valence-electron chi connectivity index (χ3n) is 2.81. The van der Waals surface area contributed by atoms with Crippen LogP contribution < -0.4 is 5.32 Å². The molecule has 2 rings (SSSR count). The molecular formula is C16H15Cl2NOS. The zero-order valence-electron chi connectivity index (χ0n) is 11.5. The molecule has 1 N–H and O–H groups in total. The molecule has 0 heterocycles. The molecule has 5 heteroatoms. The van der Waals surface area contributed by atoms with E-state index in [1.807, 2.05) is 6.07 Å². The van der Waals surface area contributed by atoms with Crippen LogP contribution in [0.25, 0.3) is 0 Å². The highest BCUT2D eigenvalue weighted by Gasteiger charge is 2.09. The fourth-order valence-corrected chi connectivity index (χ4v) is 3.12. The van der Waals surface area contributed by atoms with E-state index in [0.717, 1.165) is 5.75 Å². The summed E-state index contributed by atoms with van der Waals surface area (Å²) in [6.07, 6.45) is 0. The van der Waals surface area contributed by atoms with Crippen LogP contribution in [0.4, 0.5) is 5.69 Å². The van der Waals surface area contributed by atoms with E-state index >= 15 is 0 Å². The van der Waals surface area contributed by atoms with Gasteiger partial charge in [0.25, 0.3) is 0 Å². The van der Waals surface area contributed by atoms with Crippen LogP contribution in [0.5, 0.6) is 0 Å². The van der Waals surface area contributed by atoms with Gasteiger partial charge in [-0.3, -0.25) is 4.79 Å². The molecule has 1 amide bonds. The predicted octanol–water partition coefficient (Wildman–Crippen LogP) is 5.17. The Bertz CT molecular complexity index is 626. The molecule has 2 aromatic rings. The zero-order chi connectivity index (χ0) is 15.2. The topological polar surface area (TPSA) is 29.1 Å². The van der Waals surface area contributed by atoms with Crippen LogP contribution in [0.2, 0.25) is 10.0 Å². The molecule has 0 atom stereocenters. The zero-order valence-corrected chi connectivity index (χ0v) is 13.9. The van der Waals surface area contributed by atoms with E-state index in [-0.39, 0.29) is 5.91 Å². The van der Waals surface area contributed by atoms with Crippen molar-refractivity contribution in [1.82, 2.24) is 0 Å². The number of thioether (sulfide) groups is 1. The van der Waals surface area contributed by atoms with Gasteiger partial charge in [0.1, 0.15) is 0 Å². The van der Waals surface area contributed by atoms with E-state index in [2.05, 4.69) is 30.4 Å². The van der Waals surface area contributed by atoms with Crippen molar-refractivity contribution in [2.75, 3.05) is 11.1 Å². The highest BCUT2D eigenvalue weighted by atomic mass is 35.5. The Morgan fingerprint density at radius 2 is 1.81 bits per heavy atom. The van der Waals surface area contributed by atoms with Crippen LogP contribution >= 0.6 is 35.0 Å². The second-order valence-corrected chi connectivity index (χ2v) is 6.43. The maximum Gasteiger partial charge on any atom is 0.234 e. The van der Waals surface area contributed by atoms with Crippen molar-refractivity contribution in [3.8, 4) is 0 Å². The van der Waals surface area contributed by atoms with Crippen LogP contribution in [0.1, 0.15) is 11.1 Å². The van der Waals surface area contributed by atoms with Gasteiger partial charge in [0.15, 0.2) is 0 Å². The molecule has 0 aliphatic heterocycles. The summed E-state index contributed by atoms with van der Waals surface area (Å²) < 4.78 is 0. The Labute approximate surface area is 138 Å². The Morgan fingerprint density at radius 1 is 1.14 bits per heavy atom. The highest BCUT2D eigenvalue weighted by Crippen LogP contribution is 2.29. The number of nitrogens with one attached hydrogen (secondary N) is 1. The molecule has 0 spiro atoms. The lowest BCUT2D eigenvalue weighted by molar-refractivity contribution is -0.113. The molecule has 0 saturated heterocycles. The molecule has 0 fully saturated rings. The number of rotatable bonds is 5. The number of benzene rings is 2. The summed E-state index contributed by atoms with van der Waals surface area (Å²) >= 11 is 13.6. The van der Waals surface area contributed by atoms with E-state index in [1.54, 1.807) is 30.0 Å². The maximum absolute atomic E-state index is 11.9. The first kappa shape index (κ1) is 16.2. The number of aryl methyl sites for hydroxylation is 1. The van der Waals surface area contributed by atoms with Crippen molar-refractivity contribution in [2.24, 2.45) is 0 Å². The van der Waals surface area contributed by atoms with Gasteiger partial charge in [0, 0.05) is 5.75 Å². The van der Waals surface area contributed by atoms with E-state index in [4.69, 9.17) is 23.2 Å². The molecule has 0 bridgehead atoms. The lowest BCUT2D eigenvalue weighted by atomic mass is 10.2. The van der Waals surface area contributed by atoms with Gasteiger partial charge < -0.3 is 5.32 Å². The van der Waals surface area contributed by atoms with Crippen LogP contribution in [-0.4, -0.2) is 11.7 Å². The first-order chi connectivity index (χ1) is 10.1. The van der Waals surface area contributed by atoms with Crippen molar-refractivity contribution in [1.29, 1.82) is 0 Å². The lowest BCUT2D eigenvalue weighted by Crippen LogP contribution is -2.14. The number of hydrogen-bond acceptors (Lipinski definition) is 2. The van der Waals surface area contributed by atoms with Gasteiger partial charge in [0.05, 0.1) is 21.5 Å². The van der Waals surface area contributed by atoms with Gasteiger partial charge >= 0.3 is 0 Å². The number of hydrogen-bond donors (Lipinski definition) is 1. The Kier molecular flexibility index (Phi) is 5.97. The summed E-state index contributed by atoms with van der Waals surface area (Å²) in [5, 5.41) is 3.64. The first-order valence-corrected chi connectivity index (χ1v) is 8.34. The third-order valence-corrected chi connectivity index (χ3v) is 4.45. The molecule has 2 nitrogen and oxygen atoms in total. The highest BCUT2D eigenvalue weighted by molar-refractivity contribution is 7.99. The molecule has 0 saturated carbocycles. The number of para-hydroxylation sites is 1. The molecule has 21 heavy (non-hydrogen) atoms. The monoisotopic (exact) mass is 339 g/mol. The van der Waals surface area contributed by atoms with Crippen LogP contribution in [0.15, 0.2) is 42.5 Å². The molecule has 2 aromatic carbocycles. The minimum Gasteiger partial charge on any atom is -0.323 e. The van der Waals surface area contributed by atoms with Gasteiger partial charge in [0.2, 0.25) is 5.91 Å². The average molecular weight is 340 g/mol. The summed E-state index contributed by atoms with van der Waals surface area (Å²) in [6, 6.07) is 13.4. The first-order valence-electron chi connectivity index (χ1n) is 6.43. The number of carbonyl (C=O) groups is 1. The molecule has 0 aromatic heterocycles. The summed E-state index contributed by atoms with van der Waals surface area (Å²) in [7, 11) is 0. The number of halogens is 2. The number of anilines is 1. The van der Waals surface area contributed by atoms with Crippen molar-refractivity contribution in [3.63, 3.8) is 0 Å². The molecule has 0 aliphatic carbocycles. The van der Waals surface area contributed by atoms with E-state index in [0.29, 0.717) is 21.5 Å². The fraction of sp³-hybridized carbons (Fsp3) is 0.188. The number of carbonyl (C=O) groups excluding carboxylic acids is 1. The summed E-state index contributed by atoms with van der Waals surface area (Å²) in [4.78, 5) is 11.9. The van der Waals surface area contributed by atoms with Gasteiger partial charge in [-0.25, -0.2) is 0 Å². The molecule has 0 unspecified atom stereocenters.